The number of thiocarbonyl (C=S) groups is 1. The van der Waals surface area contributed by atoms with Crippen LogP contribution < -0.4 is 5.73 Å². The first kappa shape index (κ1) is 15.7. The van der Waals surface area contributed by atoms with Crippen molar-refractivity contribution in [3.05, 3.63) is 35.4 Å². The van der Waals surface area contributed by atoms with Crippen LogP contribution in [0.2, 0.25) is 0 Å². The van der Waals surface area contributed by atoms with Crippen molar-refractivity contribution in [1.29, 1.82) is 0 Å². The largest absolute Gasteiger partial charge is 0.392 e. The minimum absolute atomic E-state index is 0.126. The van der Waals surface area contributed by atoms with Gasteiger partial charge in [-0.3, -0.25) is 4.90 Å². The molecular formula is C14H18F2N2S2. The number of hydrogen-bond acceptors (Lipinski definition) is 3. The molecule has 2 nitrogen and oxygen atoms in total. The van der Waals surface area contributed by atoms with E-state index in [1.807, 2.05) is 6.26 Å². The van der Waals surface area contributed by atoms with Gasteiger partial charge in [0.05, 0.1) is 9.74 Å². The molecule has 0 aliphatic carbocycles. The maximum atomic E-state index is 13.2. The fourth-order valence-corrected chi connectivity index (χ4v) is 3.83. The van der Waals surface area contributed by atoms with Crippen molar-refractivity contribution in [3.63, 3.8) is 0 Å². The van der Waals surface area contributed by atoms with Gasteiger partial charge in [0.2, 0.25) is 0 Å². The van der Waals surface area contributed by atoms with Crippen molar-refractivity contribution >= 4 is 29.0 Å². The van der Waals surface area contributed by atoms with Gasteiger partial charge in [0, 0.05) is 25.7 Å². The SMILES string of the molecule is CSC1(C(N)=S)CCN(Cc2cc(F)cc(F)c2)CC1. The van der Waals surface area contributed by atoms with Crippen LogP contribution in [0, 0.1) is 11.6 Å². The molecule has 6 heteroatoms. The topological polar surface area (TPSA) is 29.3 Å². The summed E-state index contributed by atoms with van der Waals surface area (Å²) in [7, 11) is 0. The molecule has 1 aliphatic heterocycles. The van der Waals surface area contributed by atoms with Crippen molar-refractivity contribution in [1.82, 2.24) is 4.90 Å². The highest BCUT2D eigenvalue weighted by Crippen LogP contribution is 2.35. The van der Waals surface area contributed by atoms with Gasteiger partial charge >= 0.3 is 0 Å². The molecule has 0 aromatic heterocycles. The van der Waals surface area contributed by atoms with E-state index in [0.29, 0.717) is 17.1 Å². The Balaban J connectivity index is 1.99. The summed E-state index contributed by atoms with van der Waals surface area (Å²) in [6, 6.07) is 3.66. The summed E-state index contributed by atoms with van der Waals surface area (Å²) in [4.78, 5) is 2.74. The van der Waals surface area contributed by atoms with Crippen LogP contribution in [0.1, 0.15) is 18.4 Å². The summed E-state index contributed by atoms with van der Waals surface area (Å²) in [5, 5.41) is 0. The fourth-order valence-electron chi connectivity index (χ4n) is 2.58. The lowest BCUT2D eigenvalue weighted by atomic mass is 9.95. The highest BCUT2D eigenvalue weighted by Gasteiger charge is 2.36. The molecule has 1 aromatic carbocycles. The second-order valence-corrected chi connectivity index (χ2v) is 6.75. The number of thioether (sulfide) groups is 1. The molecule has 0 saturated carbocycles. The average Bonchev–Trinajstić information content (AvgIpc) is 2.38. The van der Waals surface area contributed by atoms with E-state index in [1.165, 1.54) is 12.1 Å². The zero-order valence-electron chi connectivity index (χ0n) is 11.4. The number of halogens is 2. The van der Waals surface area contributed by atoms with E-state index in [2.05, 4.69) is 4.90 Å². The van der Waals surface area contributed by atoms with E-state index in [1.54, 1.807) is 11.8 Å². The van der Waals surface area contributed by atoms with Gasteiger partial charge in [-0.15, -0.1) is 0 Å². The summed E-state index contributed by atoms with van der Waals surface area (Å²) >= 11 is 6.87. The molecule has 1 heterocycles. The number of hydrogen-bond donors (Lipinski definition) is 1. The van der Waals surface area contributed by atoms with Crippen molar-refractivity contribution in [2.45, 2.75) is 24.1 Å². The highest BCUT2D eigenvalue weighted by atomic mass is 32.2. The van der Waals surface area contributed by atoms with E-state index in [0.717, 1.165) is 32.0 Å². The number of benzene rings is 1. The van der Waals surface area contributed by atoms with Crippen LogP contribution in [0.4, 0.5) is 8.78 Å². The second kappa shape index (κ2) is 6.37. The predicted octanol–water partition coefficient (Wildman–Crippen LogP) is 2.95. The van der Waals surface area contributed by atoms with Crippen LogP contribution in [0.5, 0.6) is 0 Å². The lowest BCUT2D eigenvalue weighted by Gasteiger charge is -2.40. The van der Waals surface area contributed by atoms with Gasteiger partial charge in [-0.05, 0) is 36.8 Å². The Hall–Kier alpha value is -0.720. The molecule has 0 unspecified atom stereocenters. The Morgan fingerprint density at radius 1 is 1.30 bits per heavy atom. The quantitative estimate of drug-likeness (QED) is 0.865. The standard InChI is InChI=1S/C14H18F2N2S2/c1-20-14(13(17)19)2-4-18(5-3-14)9-10-6-11(15)8-12(16)7-10/h6-8H,2-5,9H2,1H3,(H2,17,19). The van der Waals surface area contributed by atoms with Crippen LogP contribution in [0.25, 0.3) is 0 Å². The van der Waals surface area contributed by atoms with Crippen molar-refractivity contribution < 1.29 is 8.78 Å². The Kier molecular flexibility index (Phi) is 4.99. The molecule has 0 atom stereocenters. The lowest BCUT2D eigenvalue weighted by Crippen LogP contribution is -2.48. The minimum atomic E-state index is -0.529. The lowest BCUT2D eigenvalue weighted by molar-refractivity contribution is 0.212. The zero-order valence-corrected chi connectivity index (χ0v) is 13.0. The van der Waals surface area contributed by atoms with Crippen molar-refractivity contribution in [2.24, 2.45) is 5.73 Å². The Labute approximate surface area is 127 Å². The van der Waals surface area contributed by atoms with Crippen LogP contribution in [0.15, 0.2) is 18.2 Å². The third-order valence-electron chi connectivity index (χ3n) is 3.83. The van der Waals surface area contributed by atoms with E-state index in [-0.39, 0.29) is 4.75 Å². The number of piperidine rings is 1. The summed E-state index contributed by atoms with van der Waals surface area (Å²) in [5.41, 5.74) is 6.50. The number of rotatable bonds is 4. The van der Waals surface area contributed by atoms with Crippen molar-refractivity contribution in [3.8, 4) is 0 Å². The molecule has 20 heavy (non-hydrogen) atoms. The van der Waals surface area contributed by atoms with Gasteiger partial charge in [0.25, 0.3) is 0 Å². The van der Waals surface area contributed by atoms with Gasteiger partial charge in [-0.1, -0.05) is 12.2 Å². The fraction of sp³-hybridized carbons (Fsp3) is 0.500. The van der Waals surface area contributed by atoms with Gasteiger partial charge < -0.3 is 5.73 Å². The summed E-state index contributed by atoms with van der Waals surface area (Å²) in [6.07, 6.45) is 3.78. The Bertz CT molecular complexity index is 480. The van der Waals surface area contributed by atoms with E-state index >= 15 is 0 Å². The summed E-state index contributed by atoms with van der Waals surface area (Å²) in [6.45, 7) is 2.21. The van der Waals surface area contributed by atoms with Crippen LogP contribution in [-0.2, 0) is 6.54 Å². The first-order valence-corrected chi connectivity index (χ1v) is 8.11. The normalized spacial score (nSPS) is 18.9. The maximum absolute atomic E-state index is 13.2. The van der Waals surface area contributed by atoms with Crippen LogP contribution in [0.3, 0.4) is 0 Å². The van der Waals surface area contributed by atoms with E-state index in [9.17, 15) is 8.78 Å². The molecule has 1 aromatic rings. The molecule has 0 amide bonds. The molecule has 110 valence electrons. The molecule has 0 bridgehead atoms. The van der Waals surface area contributed by atoms with Gasteiger partial charge in [-0.2, -0.15) is 11.8 Å². The monoisotopic (exact) mass is 316 g/mol. The zero-order chi connectivity index (χ0) is 14.8. The molecule has 2 rings (SSSR count). The van der Waals surface area contributed by atoms with Gasteiger partial charge in [-0.25, -0.2) is 8.78 Å². The minimum Gasteiger partial charge on any atom is -0.392 e. The average molecular weight is 316 g/mol. The van der Waals surface area contributed by atoms with Crippen molar-refractivity contribution in [2.75, 3.05) is 19.3 Å². The maximum Gasteiger partial charge on any atom is 0.126 e. The summed E-state index contributed by atoms with van der Waals surface area (Å²) < 4.78 is 26.2. The molecule has 2 N–H and O–H groups in total. The molecule has 1 aliphatic rings. The second-order valence-electron chi connectivity index (χ2n) is 5.12. The number of nitrogens with two attached hydrogens (primary N) is 1. The molecule has 0 radical (unpaired) electrons. The van der Waals surface area contributed by atoms with Crippen LogP contribution in [-0.4, -0.2) is 34.0 Å². The van der Waals surface area contributed by atoms with E-state index in [4.69, 9.17) is 18.0 Å². The Morgan fingerprint density at radius 3 is 2.30 bits per heavy atom. The first-order valence-electron chi connectivity index (χ1n) is 6.47. The molecule has 1 saturated heterocycles. The van der Waals surface area contributed by atoms with E-state index < -0.39 is 11.6 Å². The number of likely N-dealkylation sites (tertiary alicyclic amines) is 1. The Morgan fingerprint density at radius 2 is 1.85 bits per heavy atom. The highest BCUT2D eigenvalue weighted by molar-refractivity contribution is 8.02. The third kappa shape index (κ3) is 3.48. The van der Waals surface area contributed by atoms with Crippen LogP contribution >= 0.6 is 24.0 Å². The van der Waals surface area contributed by atoms with Gasteiger partial charge in [0.15, 0.2) is 0 Å². The first-order chi connectivity index (χ1) is 9.45. The molecule has 0 spiro atoms. The third-order valence-corrected chi connectivity index (χ3v) is 5.76. The summed E-state index contributed by atoms with van der Waals surface area (Å²) in [5.74, 6) is -1.06. The van der Waals surface area contributed by atoms with Gasteiger partial charge in [0.1, 0.15) is 11.6 Å². The molecular weight excluding hydrogens is 298 g/mol. The molecule has 1 fully saturated rings. The predicted molar refractivity (Wildman–Crippen MR) is 83.9 cm³/mol. The smallest absolute Gasteiger partial charge is 0.126 e. The number of nitrogens with zero attached hydrogens (tertiary/aromatic N) is 1.